The number of aryl methyl sites for hydroxylation is 1. The van der Waals surface area contributed by atoms with Crippen molar-refractivity contribution in [2.45, 2.75) is 19.3 Å². The molecule has 1 heterocycles. The summed E-state index contributed by atoms with van der Waals surface area (Å²) in [5, 5.41) is 0.918. The maximum atomic E-state index is 13.9. The average Bonchev–Trinajstić information content (AvgIpc) is 3.07. The number of hydrogen-bond acceptors (Lipinski definition) is 2. The zero-order valence-electron chi connectivity index (χ0n) is 15.6. The number of unbranched alkanes of at least 4 members (excludes halogenated alkanes) is 1. The van der Waals surface area contributed by atoms with Gasteiger partial charge in [0.2, 0.25) is 0 Å². The number of nitrogens with one attached hydrogen (secondary N) is 1. The molecule has 0 aliphatic rings. The monoisotopic (exact) mass is 374 g/mol. The van der Waals surface area contributed by atoms with Crippen LogP contribution in [0.1, 0.15) is 18.4 Å². The van der Waals surface area contributed by atoms with Crippen LogP contribution in [-0.2, 0) is 6.42 Å². The fourth-order valence-corrected chi connectivity index (χ4v) is 3.53. The Morgan fingerprint density at radius 1 is 0.893 bits per heavy atom. The Bertz CT molecular complexity index is 1070. The van der Waals surface area contributed by atoms with E-state index in [4.69, 9.17) is 10.5 Å². The molecule has 3 N–H and O–H groups in total. The zero-order chi connectivity index (χ0) is 19.3. The molecule has 0 saturated carbocycles. The number of ether oxygens (including phenoxy) is 1. The van der Waals surface area contributed by atoms with E-state index in [-0.39, 0.29) is 5.82 Å². The number of rotatable bonds is 7. The van der Waals surface area contributed by atoms with E-state index < -0.39 is 0 Å². The third-order valence-corrected chi connectivity index (χ3v) is 4.88. The number of hydrogen-bond donors (Lipinski definition) is 2. The van der Waals surface area contributed by atoms with Crippen LogP contribution in [0.15, 0.2) is 72.8 Å². The summed E-state index contributed by atoms with van der Waals surface area (Å²) in [4.78, 5) is 3.48. The van der Waals surface area contributed by atoms with Gasteiger partial charge in [-0.05, 0) is 73.8 Å². The maximum absolute atomic E-state index is 13.9. The Balaban J connectivity index is 1.81. The summed E-state index contributed by atoms with van der Waals surface area (Å²) in [5.41, 5.74) is 9.64. The highest BCUT2D eigenvalue weighted by Crippen LogP contribution is 2.38. The average molecular weight is 374 g/mol. The first-order chi connectivity index (χ1) is 13.8. The fraction of sp³-hybridized carbons (Fsp3) is 0.167. The van der Waals surface area contributed by atoms with Gasteiger partial charge in [-0.15, -0.1) is 0 Å². The lowest BCUT2D eigenvalue weighted by Gasteiger charge is -2.12. The molecule has 3 aromatic carbocycles. The summed E-state index contributed by atoms with van der Waals surface area (Å²) in [5.74, 6) is 1.31. The number of aromatic amines is 1. The molecule has 142 valence electrons. The van der Waals surface area contributed by atoms with Gasteiger partial charge in [-0.25, -0.2) is 4.39 Å². The molecule has 0 spiro atoms. The summed E-state index contributed by atoms with van der Waals surface area (Å²) < 4.78 is 20.1. The summed E-state index contributed by atoms with van der Waals surface area (Å²) in [6.07, 6.45) is 2.72. The van der Waals surface area contributed by atoms with Crippen LogP contribution >= 0.6 is 0 Å². The van der Waals surface area contributed by atoms with E-state index in [9.17, 15) is 4.39 Å². The van der Waals surface area contributed by atoms with Crippen LogP contribution in [-0.4, -0.2) is 11.5 Å². The topological polar surface area (TPSA) is 51.0 Å². The quantitative estimate of drug-likeness (QED) is 0.387. The van der Waals surface area contributed by atoms with E-state index in [1.165, 1.54) is 6.07 Å². The van der Waals surface area contributed by atoms with Crippen molar-refractivity contribution in [3.8, 4) is 22.8 Å². The molecule has 0 radical (unpaired) electrons. The number of H-pyrrole nitrogens is 1. The van der Waals surface area contributed by atoms with E-state index in [1.807, 2.05) is 54.6 Å². The number of para-hydroxylation sites is 2. The summed E-state index contributed by atoms with van der Waals surface area (Å²) in [7, 11) is 0. The second-order valence-electron chi connectivity index (χ2n) is 6.83. The number of halogens is 1. The van der Waals surface area contributed by atoms with Crippen LogP contribution in [0.5, 0.6) is 11.5 Å². The molecule has 0 fully saturated rings. The molecule has 0 saturated heterocycles. The normalized spacial score (nSPS) is 11.1. The molecule has 4 heteroatoms. The molecule has 0 amide bonds. The summed E-state index contributed by atoms with van der Waals surface area (Å²) in [6, 6.07) is 22.5. The first-order valence-corrected chi connectivity index (χ1v) is 9.59. The van der Waals surface area contributed by atoms with Crippen molar-refractivity contribution >= 4 is 10.9 Å². The van der Waals surface area contributed by atoms with Crippen molar-refractivity contribution in [3.63, 3.8) is 0 Å². The second kappa shape index (κ2) is 8.28. The van der Waals surface area contributed by atoms with E-state index in [0.717, 1.165) is 58.5 Å². The molecule has 0 unspecified atom stereocenters. The Labute approximate surface area is 164 Å². The predicted molar refractivity (Wildman–Crippen MR) is 112 cm³/mol. The smallest absolute Gasteiger partial charge is 0.136 e. The van der Waals surface area contributed by atoms with Gasteiger partial charge < -0.3 is 15.5 Å². The van der Waals surface area contributed by atoms with E-state index in [0.29, 0.717) is 6.54 Å². The molecule has 0 bridgehead atoms. The second-order valence-corrected chi connectivity index (χ2v) is 6.83. The third kappa shape index (κ3) is 3.78. The maximum Gasteiger partial charge on any atom is 0.136 e. The number of nitrogens with two attached hydrogens (primary N) is 1. The van der Waals surface area contributed by atoms with Gasteiger partial charge in [-0.3, -0.25) is 0 Å². The molecule has 4 rings (SSSR count). The van der Waals surface area contributed by atoms with Crippen LogP contribution in [0, 0.1) is 5.82 Å². The summed E-state index contributed by atoms with van der Waals surface area (Å²) >= 11 is 0. The molecule has 3 nitrogen and oxygen atoms in total. The van der Waals surface area contributed by atoms with E-state index in [1.54, 1.807) is 12.1 Å². The SMILES string of the molecule is NCCCCc1c(-c2ccccc2Oc2ccccc2)[nH]c2ccc(F)cc12. The van der Waals surface area contributed by atoms with Crippen molar-refractivity contribution in [3.05, 3.63) is 84.2 Å². The first kappa shape index (κ1) is 18.3. The van der Waals surface area contributed by atoms with Gasteiger partial charge in [0.25, 0.3) is 0 Å². The molecule has 28 heavy (non-hydrogen) atoms. The highest BCUT2D eigenvalue weighted by atomic mass is 19.1. The van der Waals surface area contributed by atoms with Crippen molar-refractivity contribution in [1.82, 2.24) is 4.98 Å². The molecule has 4 aromatic rings. The van der Waals surface area contributed by atoms with Gasteiger partial charge in [-0.2, -0.15) is 0 Å². The lowest BCUT2D eigenvalue weighted by atomic mass is 9.99. The number of aromatic nitrogens is 1. The van der Waals surface area contributed by atoms with Crippen molar-refractivity contribution in [2.24, 2.45) is 5.73 Å². The van der Waals surface area contributed by atoms with Crippen molar-refractivity contribution in [1.29, 1.82) is 0 Å². The van der Waals surface area contributed by atoms with Crippen LogP contribution < -0.4 is 10.5 Å². The highest BCUT2D eigenvalue weighted by Gasteiger charge is 2.17. The largest absolute Gasteiger partial charge is 0.457 e. The standard InChI is InChI=1S/C24H23FN2O/c25-17-13-14-22-21(16-17)19(10-6-7-15-26)24(27-22)20-11-4-5-12-23(20)28-18-8-2-1-3-9-18/h1-5,8-9,11-14,16,27H,6-7,10,15,26H2. The van der Waals surface area contributed by atoms with Crippen LogP contribution in [0.4, 0.5) is 4.39 Å². The van der Waals surface area contributed by atoms with E-state index in [2.05, 4.69) is 4.98 Å². The van der Waals surface area contributed by atoms with Gasteiger partial charge in [0.1, 0.15) is 17.3 Å². The molecule has 0 aliphatic heterocycles. The van der Waals surface area contributed by atoms with Gasteiger partial charge in [0.05, 0.1) is 5.69 Å². The molecule has 0 aliphatic carbocycles. The van der Waals surface area contributed by atoms with Crippen LogP contribution in [0.3, 0.4) is 0 Å². The lowest BCUT2D eigenvalue weighted by molar-refractivity contribution is 0.484. The van der Waals surface area contributed by atoms with E-state index >= 15 is 0 Å². The molecular weight excluding hydrogens is 351 g/mol. The van der Waals surface area contributed by atoms with Crippen molar-refractivity contribution < 1.29 is 9.13 Å². The molecule has 0 atom stereocenters. The number of benzene rings is 3. The van der Waals surface area contributed by atoms with Crippen molar-refractivity contribution in [2.75, 3.05) is 6.54 Å². The van der Waals surface area contributed by atoms with Crippen LogP contribution in [0.2, 0.25) is 0 Å². The Morgan fingerprint density at radius 3 is 2.50 bits per heavy atom. The van der Waals surface area contributed by atoms with Gasteiger partial charge in [0, 0.05) is 16.5 Å². The fourth-order valence-electron chi connectivity index (χ4n) is 3.53. The minimum atomic E-state index is -0.230. The van der Waals surface area contributed by atoms with Gasteiger partial charge in [-0.1, -0.05) is 30.3 Å². The minimum absolute atomic E-state index is 0.230. The predicted octanol–water partition coefficient (Wildman–Crippen LogP) is 6.05. The molecule has 1 aromatic heterocycles. The Morgan fingerprint density at radius 2 is 1.68 bits per heavy atom. The minimum Gasteiger partial charge on any atom is -0.457 e. The first-order valence-electron chi connectivity index (χ1n) is 9.59. The lowest BCUT2D eigenvalue weighted by Crippen LogP contribution is -1.99. The summed E-state index contributed by atoms with van der Waals surface area (Å²) in [6.45, 7) is 0.653. The number of fused-ring (bicyclic) bond motifs is 1. The van der Waals surface area contributed by atoms with Crippen LogP contribution in [0.25, 0.3) is 22.2 Å². The zero-order valence-corrected chi connectivity index (χ0v) is 15.6. The highest BCUT2D eigenvalue weighted by molar-refractivity contribution is 5.92. The Hall–Kier alpha value is -3.11. The molecular formula is C24H23FN2O. The third-order valence-electron chi connectivity index (χ3n) is 4.88. The van der Waals surface area contributed by atoms with Gasteiger partial charge in [0.15, 0.2) is 0 Å². The van der Waals surface area contributed by atoms with Gasteiger partial charge >= 0.3 is 0 Å². The Kier molecular flexibility index (Phi) is 5.40.